The first-order valence-corrected chi connectivity index (χ1v) is 6.68. The summed E-state index contributed by atoms with van der Waals surface area (Å²) in [5, 5.41) is 12.2. The molecule has 1 aromatic heterocycles. The smallest absolute Gasteiger partial charge is 0.242 e. The van der Waals surface area contributed by atoms with Gasteiger partial charge in [-0.25, -0.2) is 4.98 Å². The van der Waals surface area contributed by atoms with E-state index in [1.165, 1.54) is 0 Å². The van der Waals surface area contributed by atoms with Crippen molar-refractivity contribution < 1.29 is 4.79 Å². The van der Waals surface area contributed by atoms with Crippen molar-refractivity contribution in [2.75, 3.05) is 44.7 Å². The van der Waals surface area contributed by atoms with Gasteiger partial charge in [0.05, 0.1) is 18.2 Å². The van der Waals surface area contributed by atoms with Crippen molar-refractivity contribution in [1.82, 2.24) is 15.2 Å². The van der Waals surface area contributed by atoms with E-state index in [1.54, 1.807) is 17.0 Å². The van der Waals surface area contributed by atoms with Crippen molar-refractivity contribution in [3.63, 3.8) is 0 Å². The van der Waals surface area contributed by atoms with E-state index in [0.29, 0.717) is 11.4 Å². The van der Waals surface area contributed by atoms with Crippen LogP contribution in [0.1, 0.15) is 11.3 Å². The summed E-state index contributed by atoms with van der Waals surface area (Å²) >= 11 is 0. The van der Waals surface area contributed by atoms with Gasteiger partial charge in [0.15, 0.2) is 0 Å². The van der Waals surface area contributed by atoms with Gasteiger partial charge in [0, 0.05) is 38.9 Å². The minimum absolute atomic E-state index is 0.0933. The van der Waals surface area contributed by atoms with Crippen molar-refractivity contribution in [1.29, 1.82) is 5.26 Å². The molecule has 2 rings (SSSR count). The summed E-state index contributed by atoms with van der Waals surface area (Å²) < 4.78 is 0. The second-order valence-corrected chi connectivity index (χ2v) is 4.95. The monoisotopic (exact) mass is 273 g/mol. The molecule has 0 saturated carbocycles. The highest BCUT2D eigenvalue weighted by Crippen LogP contribution is 2.13. The van der Waals surface area contributed by atoms with Gasteiger partial charge in [0.2, 0.25) is 5.91 Å². The average Bonchev–Trinajstić information content (AvgIpc) is 2.47. The minimum Gasteiger partial charge on any atom is -0.350 e. The Bertz CT molecular complexity index is 531. The Morgan fingerprint density at radius 2 is 2.20 bits per heavy atom. The quantitative estimate of drug-likeness (QED) is 0.847. The first-order chi connectivity index (χ1) is 9.60. The second kappa shape index (κ2) is 6.35. The molecule has 0 aromatic carbocycles. The lowest BCUT2D eigenvalue weighted by Crippen LogP contribution is -2.49. The second-order valence-electron chi connectivity index (χ2n) is 4.95. The normalized spacial score (nSPS) is 14.8. The van der Waals surface area contributed by atoms with Gasteiger partial charge < -0.3 is 15.1 Å². The SMILES string of the molecule is Cc1cc(C#N)cc(N(C)CC(=O)N2CCNCC2)n1. The third-order valence-corrected chi connectivity index (χ3v) is 3.30. The van der Waals surface area contributed by atoms with Gasteiger partial charge >= 0.3 is 0 Å². The Morgan fingerprint density at radius 1 is 1.50 bits per heavy atom. The van der Waals surface area contributed by atoms with Crippen LogP contribution in [0.2, 0.25) is 0 Å². The fraction of sp³-hybridized carbons (Fsp3) is 0.500. The highest BCUT2D eigenvalue weighted by molar-refractivity contribution is 5.81. The van der Waals surface area contributed by atoms with Gasteiger partial charge in [0.1, 0.15) is 5.82 Å². The topological polar surface area (TPSA) is 72.3 Å². The number of aromatic nitrogens is 1. The number of rotatable bonds is 3. The summed E-state index contributed by atoms with van der Waals surface area (Å²) in [5.41, 5.74) is 1.34. The number of carbonyl (C=O) groups excluding carboxylic acids is 1. The number of hydrogen-bond acceptors (Lipinski definition) is 5. The fourth-order valence-electron chi connectivity index (χ4n) is 2.21. The zero-order valence-electron chi connectivity index (χ0n) is 11.9. The van der Waals surface area contributed by atoms with Gasteiger partial charge in [-0.05, 0) is 19.1 Å². The Morgan fingerprint density at radius 3 is 2.85 bits per heavy atom. The average molecular weight is 273 g/mol. The van der Waals surface area contributed by atoms with Crippen LogP contribution in [0.15, 0.2) is 12.1 Å². The number of aryl methyl sites for hydroxylation is 1. The maximum Gasteiger partial charge on any atom is 0.242 e. The molecular formula is C14H19N5O. The van der Waals surface area contributed by atoms with E-state index < -0.39 is 0 Å². The molecule has 0 unspecified atom stereocenters. The Kier molecular flexibility index (Phi) is 4.53. The van der Waals surface area contributed by atoms with Gasteiger partial charge in [-0.3, -0.25) is 4.79 Å². The van der Waals surface area contributed by atoms with Crippen LogP contribution < -0.4 is 10.2 Å². The summed E-state index contributed by atoms with van der Waals surface area (Å²) in [4.78, 5) is 20.2. The van der Waals surface area contributed by atoms with E-state index in [2.05, 4.69) is 16.4 Å². The van der Waals surface area contributed by atoms with E-state index in [4.69, 9.17) is 5.26 Å². The molecule has 1 N–H and O–H groups in total. The van der Waals surface area contributed by atoms with Crippen LogP contribution in [0, 0.1) is 18.3 Å². The molecule has 0 aliphatic carbocycles. The van der Waals surface area contributed by atoms with Gasteiger partial charge in [-0.2, -0.15) is 5.26 Å². The molecule has 1 aromatic rings. The molecule has 1 fully saturated rings. The third-order valence-electron chi connectivity index (χ3n) is 3.30. The summed E-state index contributed by atoms with van der Waals surface area (Å²) in [6.45, 7) is 5.31. The van der Waals surface area contributed by atoms with Crippen LogP contribution in [0.25, 0.3) is 0 Å². The maximum absolute atomic E-state index is 12.2. The van der Waals surface area contributed by atoms with Crippen molar-refractivity contribution in [3.8, 4) is 6.07 Å². The van der Waals surface area contributed by atoms with Crippen molar-refractivity contribution in [2.24, 2.45) is 0 Å². The summed E-state index contributed by atoms with van der Waals surface area (Å²) in [6, 6.07) is 5.55. The number of nitriles is 1. The first-order valence-electron chi connectivity index (χ1n) is 6.68. The molecule has 2 heterocycles. The zero-order valence-corrected chi connectivity index (χ0v) is 11.9. The summed E-state index contributed by atoms with van der Waals surface area (Å²) in [7, 11) is 1.82. The minimum atomic E-state index is 0.0933. The lowest BCUT2D eigenvalue weighted by atomic mass is 10.2. The standard InChI is InChI=1S/C14H19N5O/c1-11-7-12(9-15)8-13(17-11)18(2)10-14(20)19-5-3-16-4-6-19/h7-8,16H,3-6,10H2,1-2H3. The lowest BCUT2D eigenvalue weighted by Gasteiger charge is -2.29. The number of likely N-dealkylation sites (N-methyl/N-ethyl adjacent to an activating group) is 1. The van der Waals surface area contributed by atoms with Gasteiger partial charge in [0.25, 0.3) is 0 Å². The number of nitrogens with one attached hydrogen (secondary N) is 1. The zero-order chi connectivity index (χ0) is 14.5. The largest absolute Gasteiger partial charge is 0.350 e. The number of amides is 1. The Labute approximate surface area is 119 Å². The molecule has 1 aliphatic rings. The van der Waals surface area contributed by atoms with E-state index in [-0.39, 0.29) is 12.5 Å². The van der Waals surface area contributed by atoms with Crippen molar-refractivity contribution >= 4 is 11.7 Å². The third kappa shape index (κ3) is 3.45. The highest BCUT2D eigenvalue weighted by Gasteiger charge is 2.18. The van der Waals surface area contributed by atoms with Gasteiger partial charge in [-0.1, -0.05) is 0 Å². The van der Waals surface area contributed by atoms with Crippen LogP contribution in [0.3, 0.4) is 0 Å². The number of carbonyl (C=O) groups is 1. The molecule has 20 heavy (non-hydrogen) atoms. The maximum atomic E-state index is 12.2. The summed E-state index contributed by atoms with van der Waals surface area (Å²) in [5.74, 6) is 0.751. The predicted molar refractivity (Wildman–Crippen MR) is 76.4 cm³/mol. The van der Waals surface area contributed by atoms with Crippen LogP contribution in [-0.4, -0.2) is 55.6 Å². The number of pyridine rings is 1. The van der Waals surface area contributed by atoms with E-state index in [9.17, 15) is 4.79 Å². The molecule has 0 spiro atoms. The molecule has 106 valence electrons. The first kappa shape index (κ1) is 14.3. The van der Waals surface area contributed by atoms with E-state index in [1.807, 2.05) is 18.9 Å². The number of nitrogens with zero attached hydrogens (tertiary/aromatic N) is 4. The molecule has 6 nitrogen and oxygen atoms in total. The predicted octanol–water partition coefficient (Wildman–Crippen LogP) is 0.130. The molecule has 1 amide bonds. The van der Waals surface area contributed by atoms with Crippen LogP contribution in [0.4, 0.5) is 5.82 Å². The fourth-order valence-corrected chi connectivity index (χ4v) is 2.21. The molecular weight excluding hydrogens is 254 g/mol. The van der Waals surface area contributed by atoms with Crippen LogP contribution in [-0.2, 0) is 4.79 Å². The molecule has 1 saturated heterocycles. The molecule has 0 bridgehead atoms. The molecule has 0 radical (unpaired) electrons. The molecule has 0 atom stereocenters. The lowest BCUT2D eigenvalue weighted by molar-refractivity contribution is -0.130. The van der Waals surface area contributed by atoms with Gasteiger partial charge in [-0.15, -0.1) is 0 Å². The van der Waals surface area contributed by atoms with E-state index >= 15 is 0 Å². The number of piperazine rings is 1. The number of anilines is 1. The van der Waals surface area contributed by atoms with Crippen LogP contribution in [0.5, 0.6) is 0 Å². The molecule has 6 heteroatoms. The van der Waals surface area contributed by atoms with Crippen LogP contribution >= 0.6 is 0 Å². The number of hydrogen-bond donors (Lipinski definition) is 1. The Hall–Kier alpha value is -2.13. The van der Waals surface area contributed by atoms with Crippen molar-refractivity contribution in [2.45, 2.75) is 6.92 Å². The summed E-state index contributed by atoms with van der Waals surface area (Å²) in [6.07, 6.45) is 0. The Balaban J connectivity index is 2.04. The molecule has 1 aliphatic heterocycles. The van der Waals surface area contributed by atoms with Crippen molar-refractivity contribution in [3.05, 3.63) is 23.4 Å². The van der Waals surface area contributed by atoms with E-state index in [0.717, 1.165) is 31.9 Å². The highest BCUT2D eigenvalue weighted by atomic mass is 16.2.